The van der Waals surface area contributed by atoms with E-state index in [0.717, 1.165) is 25.8 Å². The lowest BCUT2D eigenvalue weighted by molar-refractivity contribution is -0.123. The van der Waals surface area contributed by atoms with Gasteiger partial charge in [-0.05, 0) is 49.8 Å². The van der Waals surface area contributed by atoms with Gasteiger partial charge in [-0.2, -0.15) is 0 Å². The topological polar surface area (TPSA) is 46.3 Å². The first-order chi connectivity index (χ1) is 8.77. The average Bonchev–Trinajstić information content (AvgIpc) is 2.87. The van der Waals surface area contributed by atoms with Crippen LogP contribution in [0.5, 0.6) is 0 Å². The standard InChI is InChI=1S/C15H20N2O.ClH/c16-15(18)14-9-4-10-17(14)13-8-3-6-11-5-1-2-7-12(11)13;/h1-2,5,7,13-14H,3-4,6,8-10H2,(H2,16,18);1H/t13-,14?;/m1./s1. The van der Waals surface area contributed by atoms with Crippen LogP contribution in [0.25, 0.3) is 0 Å². The molecule has 2 N–H and O–H groups in total. The zero-order valence-corrected chi connectivity index (χ0v) is 11.9. The summed E-state index contributed by atoms with van der Waals surface area (Å²) in [4.78, 5) is 13.9. The molecule has 1 aromatic carbocycles. The minimum Gasteiger partial charge on any atom is -0.368 e. The normalized spacial score (nSPS) is 26.5. The van der Waals surface area contributed by atoms with Gasteiger partial charge in [-0.1, -0.05) is 24.3 Å². The molecule has 1 fully saturated rings. The number of likely N-dealkylation sites (tertiary alicyclic amines) is 1. The lowest BCUT2D eigenvalue weighted by atomic mass is 9.86. The number of hydrogen-bond acceptors (Lipinski definition) is 2. The Morgan fingerprint density at radius 1 is 1.21 bits per heavy atom. The van der Waals surface area contributed by atoms with Crippen molar-refractivity contribution in [1.29, 1.82) is 0 Å². The molecule has 19 heavy (non-hydrogen) atoms. The van der Waals surface area contributed by atoms with Crippen molar-refractivity contribution >= 4 is 18.3 Å². The highest BCUT2D eigenvalue weighted by Crippen LogP contribution is 2.38. The predicted octanol–water partition coefficient (Wildman–Crippen LogP) is 2.44. The Bertz CT molecular complexity index is 463. The molecule has 3 nitrogen and oxygen atoms in total. The van der Waals surface area contributed by atoms with E-state index >= 15 is 0 Å². The fourth-order valence-corrected chi connectivity index (χ4v) is 3.54. The first-order valence-corrected chi connectivity index (χ1v) is 6.90. The number of halogens is 1. The van der Waals surface area contributed by atoms with Gasteiger partial charge in [-0.3, -0.25) is 9.69 Å². The highest BCUT2D eigenvalue weighted by Gasteiger charge is 2.36. The van der Waals surface area contributed by atoms with Crippen LogP contribution in [0, 0.1) is 0 Å². The first-order valence-electron chi connectivity index (χ1n) is 6.90. The molecule has 0 radical (unpaired) electrons. The second-order valence-corrected chi connectivity index (χ2v) is 5.41. The lowest BCUT2D eigenvalue weighted by Crippen LogP contribution is -2.43. The number of benzene rings is 1. The van der Waals surface area contributed by atoms with Crippen LogP contribution in [0.3, 0.4) is 0 Å². The SMILES string of the molecule is Cl.NC(=O)C1CCCN1[C@@H]1CCCc2ccccc21. The number of nitrogens with two attached hydrogens (primary N) is 1. The van der Waals surface area contributed by atoms with Gasteiger partial charge in [0.25, 0.3) is 0 Å². The number of nitrogens with zero attached hydrogens (tertiary/aromatic N) is 1. The molecule has 1 saturated heterocycles. The zero-order valence-electron chi connectivity index (χ0n) is 11.0. The second-order valence-electron chi connectivity index (χ2n) is 5.41. The van der Waals surface area contributed by atoms with Crippen LogP contribution in [-0.4, -0.2) is 23.4 Å². The van der Waals surface area contributed by atoms with Crippen LogP contribution < -0.4 is 5.73 Å². The van der Waals surface area contributed by atoms with Crippen molar-refractivity contribution in [2.45, 2.75) is 44.2 Å². The van der Waals surface area contributed by atoms with E-state index in [9.17, 15) is 4.79 Å². The van der Waals surface area contributed by atoms with E-state index in [2.05, 4.69) is 29.2 Å². The zero-order chi connectivity index (χ0) is 12.5. The van der Waals surface area contributed by atoms with Gasteiger partial charge in [-0.15, -0.1) is 12.4 Å². The highest BCUT2D eigenvalue weighted by atomic mass is 35.5. The Kier molecular flexibility index (Phi) is 4.48. The van der Waals surface area contributed by atoms with E-state index < -0.39 is 0 Å². The molecule has 0 saturated carbocycles. The van der Waals surface area contributed by atoms with Crippen LogP contribution in [0.4, 0.5) is 0 Å². The molecule has 4 heteroatoms. The molecule has 1 aliphatic heterocycles. The summed E-state index contributed by atoms with van der Waals surface area (Å²) in [6.45, 7) is 1.01. The number of primary amides is 1. The summed E-state index contributed by atoms with van der Waals surface area (Å²) in [5.74, 6) is -0.157. The summed E-state index contributed by atoms with van der Waals surface area (Å²) in [5.41, 5.74) is 8.40. The van der Waals surface area contributed by atoms with Gasteiger partial charge in [0.2, 0.25) is 5.91 Å². The molecule has 1 heterocycles. The van der Waals surface area contributed by atoms with Crippen molar-refractivity contribution in [3.63, 3.8) is 0 Å². The van der Waals surface area contributed by atoms with Crippen molar-refractivity contribution < 1.29 is 4.79 Å². The molecule has 2 atom stereocenters. The van der Waals surface area contributed by atoms with Gasteiger partial charge in [0, 0.05) is 6.04 Å². The van der Waals surface area contributed by atoms with Crippen molar-refractivity contribution in [3.8, 4) is 0 Å². The smallest absolute Gasteiger partial charge is 0.234 e. The molecule has 1 unspecified atom stereocenters. The molecule has 0 bridgehead atoms. The monoisotopic (exact) mass is 280 g/mol. The summed E-state index contributed by atoms with van der Waals surface area (Å²) in [7, 11) is 0. The number of hydrogen-bond donors (Lipinski definition) is 1. The molecule has 0 spiro atoms. The van der Waals surface area contributed by atoms with Crippen molar-refractivity contribution in [3.05, 3.63) is 35.4 Å². The molecule has 0 aromatic heterocycles. The molecule has 2 aliphatic rings. The van der Waals surface area contributed by atoms with Gasteiger partial charge in [0.1, 0.15) is 0 Å². The Labute approximate surface area is 120 Å². The third-order valence-corrected chi connectivity index (χ3v) is 4.36. The van der Waals surface area contributed by atoms with Crippen LogP contribution in [0.2, 0.25) is 0 Å². The van der Waals surface area contributed by atoms with E-state index in [1.54, 1.807) is 0 Å². The average molecular weight is 281 g/mol. The molecule has 1 aliphatic carbocycles. The van der Waals surface area contributed by atoms with E-state index in [1.807, 2.05) is 0 Å². The molecular weight excluding hydrogens is 260 g/mol. The fourth-order valence-electron chi connectivity index (χ4n) is 3.54. The Hall–Kier alpha value is -1.06. The highest BCUT2D eigenvalue weighted by molar-refractivity contribution is 5.85. The van der Waals surface area contributed by atoms with Crippen LogP contribution in [0.15, 0.2) is 24.3 Å². The van der Waals surface area contributed by atoms with Crippen LogP contribution >= 0.6 is 12.4 Å². The number of carbonyl (C=O) groups excluding carboxylic acids is 1. The maximum absolute atomic E-state index is 11.5. The van der Waals surface area contributed by atoms with E-state index in [1.165, 1.54) is 24.0 Å². The van der Waals surface area contributed by atoms with Gasteiger partial charge >= 0.3 is 0 Å². The van der Waals surface area contributed by atoms with Gasteiger partial charge < -0.3 is 5.73 Å². The maximum atomic E-state index is 11.5. The number of rotatable bonds is 2. The number of amides is 1. The molecule has 104 valence electrons. The Morgan fingerprint density at radius 2 is 2.00 bits per heavy atom. The summed E-state index contributed by atoms with van der Waals surface area (Å²) in [6, 6.07) is 8.99. The molecule has 1 aromatic rings. The fraction of sp³-hybridized carbons (Fsp3) is 0.533. The van der Waals surface area contributed by atoms with E-state index in [0.29, 0.717) is 6.04 Å². The number of aryl methyl sites for hydroxylation is 1. The van der Waals surface area contributed by atoms with Crippen molar-refractivity contribution in [2.24, 2.45) is 5.73 Å². The Balaban J connectivity index is 0.00000133. The summed E-state index contributed by atoms with van der Waals surface area (Å²) >= 11 is 0. The van der Waals surface area contributed by atoms with Gasteiger partial charge in [-0.25, -0.2) is 0 Å². The maximum Gasteiger partial charge on any atom is 0.234 e. The summed E-state index contributed by atoms with van der Waals surface area (Å²) in [6.07, 6.45) is 5.55. The number of carbonyl (C=O) groups is 1. The molecular formula is C15H21ClN2O. The van der Waals surface area contributed by atoms with Gasteiger partial charge in [0.15, 0.2) is 0 Å². The summed E-state index contributed by atoms with van der Waals surface area (Å²) < 4.78 is 0. The summed E-state index contributed by atoms with van der Waals surface area (Å²) in [5, 5.41) is 0. The van der Waals surface area contributed by atoms with Gasteiger partial charge in [0.05, 0.1) is 6.04 Å². The predicted molar refractivity (Wildman–Crippen MR) is 78.3 cm³/mol. The van der Waals surface area contributed by atoms with E-state index in [4.69, 9.17) is 5.73 Å². The third-order valence-electron chi connectivity index (χ3n) is 4.36. The van der Waals surface area contributed by atoms with Crippen molar-refractivity contribution in [2.75, 3.05) is 6.54 Å². The molecule has 1 amide bonds. The van der Waals surface area contributed by atoms with E-state index in [-0.39, 0.29) is 24.4 Å². The number of fused-ring (bicyclic) bond motifs is 1. The largest absolute Gasteiger partial charge is 0.368 e. The lowest BCUT2D eigenvalue weighted by Gasteiger charge is -2.35. The minimum atomic E-state index is -0.157. The third kappa shape index (κ3) is 2.63. The Morgan fingerprint density at radius 3 is 2.79 bits per heavy atom. The van der Waals surface area contributed by atoms with Crippen molar-refractivity contribution in [1.82, 2.24) is 4.90 Å². The molecule has 3 rings (SSSR count). The minimum absolute atomic E-state index is 0. The van der Waals surface area contributed by atoms with Crippen LogP contribution in [0.1, 0.15) is 42.9 Å². The first kappa shape index (κ1) is 14.4. The second kappa shape index (κ2) is 5.93. The van der Waals surface area contributed by atoms with Crippen LogP contribution in [-0.2, 0) is 11.2 Å². The quantitative estimate of drug-likeness (QED) is 0.904.